The number of likely N-dealkylation sites (N-methyl/N-ethyl adjacent to an activating group) is 1. The third kappa shape index (κ3) is 3.76. The van der Waals surface area contributed by atoms with Crippen molar-refractivity contribution in [1.82, 2.24) is 4.90 Å². The van der Waals surface area contributed by atoms with Gasteiger partial charge >= 0.3 is 0 Å². The number of aliphatic hydroxyl groups is 2. The fourth-order valence-electron chi connectivity index (χ4n) is 7.63. The van der Waals surface area contributed by atoms with E-state index in [-0.39, 0.29) is 17.7 Å². The topological polar surface area (TPSA) is 220 Å². The minimum atomic E-state index is -2.71. The van der Waals surface area contributed by atoms with Gasteiger partial charge in [-0.25, -0.2) is 0 Å². The van der Waals surface area contributed by atoms with Crippen molar-refractivity contribution in [3.63, 3.8) is 0 Å². The molecule has 2 aromatic carbocycles. The Hall–Kier alpha value is -4.70. The van der Waals surface area contributed by atoms with Gasteiger partial charge in [0.15, 0.2) is 17.0 Å². The average Bonchev–Trinajstić information content (AvgIpc) is 2.86. The number of Topliss-reactive ketones (excluding diaryl/α,β-unsaturated/α-hetero) is 2. The van der Waals surface area contributed by atoms with Crippen LogP contribution in [0.15, 0.2) is 41.2 Å². The summed E-state index contributed by atoms with van der Waals surface area (Å²) in [6.45, 7) is 3.83. The number of nitrogens with two attached hydrogens (primary N) is 3. The number of hydrogen-bond acceptors (Lipinski definition) is 11. The highest BCUT2D eigenvalue weighted by Gasteiger charge is 2.74. The Balaban J connectivity index is 1.89. The van der Waals surface area contributed by atoms with E-state index in [0.29, 0.717) is 22.4 Å². The van der Waals surface area contributed by atoms with Gasteiger partial charge in [-0.2, -0.15) is 5.26 Å². The first kappa shape index (κ1) is 30.7. The predicted octanol–water partition coefficient (Wildman–Crippen LogP) is 1.26. The number of fused-ring (bicyclic) bond motifs is 3. The number of benzene rings is 2. The lowest BCUT2D eigenvalue weighted by atomic mass is 9.47. The molecule has 1 fully saturated rings. The zero-order valence-electron chi connectivity index (χ0n) is 25.4. The summed E-state index contributed by atoms with van der Waals surface area (Å²) in [6, 6.07) is 7.83. The van der Waals surface area contributed by atoms with Crippen molar-refractivity contribution in [3.05, 3.63) is 63.4 Å². The lowest BCUT2D eigenvalue weighted by molar-refractivity contribution is -0.139. The largest absolute Gasteiger partial charge is 0.509 e. The number of nitrogens with zero attached hydrogens (tertiary/aromatic N) is 3. The summed E-state index contributed by atoms with van der Waals surface area (Å²) in [5.41, 5.74) is 15.3. The number of carbonyl (C=O) groups is 3. The average molecular weight is 601 g/mol. The molecule has 9 N–H and O–H groups in total. The maximum atomic E-state index is 14.6. The van der Waals surface area contributed by atoms with Gasteiger partial charge in [0.25, 0.3) is 5.91 Å². The van der Waals surface area contributed by atoms with Crippen molar-refractivity contribution in [3.8, 4) is 22.9 Å². The minimum Gasteiger partial charge on any atom is -0.509 e. The van der Waals surface area contributed by atoms with E-state index in [2.05, 4.69) is 0 Å². The Morgan fingerprint density at radius 2 is 1.61 bits per heavy atom. The van der Waals surface area contributed by atoms with Crippen LogP contribution in [0.25, 0.3) is 16.9 Å². The second-order valence-electron chi connectivity index (χ2n) is 12.7. The number of ketones is 2. The summed E-state index contributed by atoms with van der Waals surface area (Å²) in [5, 5.41) is 45.6. The summed E-state index contributed by atoms with van der Waals surface area (Å²) in [6.07, 6.45) is -0.557. The van der Waals surface area contributed by atoms with Gasteiger partial charge in [0.1, 0.15) is 22.8 Å². The lowest BCUT2D eigenvalue weighted by Gasteiger charge is -2.58. The van der Waals surface area contributed by atoms with Crippen molar-refractivity contribution < 1.29 is 29.7 Å². The molecule has 0 aliphatic heterocycles. The van der Waals surface area contributed by atoms with Crippen LogP contribution in [0.2, 0.25) is 0 Å². The summed E-state index contributed by atoms with van der Waals surface area (Å²) in [4.78, 5) is 43.8. The van der Waals surface area contributed by atoms with Crippen molar-refractivity contribution in [2.75, 3.05) is 33.1 Å². The van der Waals surface area contributed by atoms with Gasteiger partial charge in [0.2, 0.25) is 0 Å². The molecule has 2 aromatic rings. The van der Waals surface area contributed by atoms with Gasteiger partial charge in [0, 0.05) is 25.3 Å². The van der Waals surface area contributed by atoms with E-state index in [1.807, 2.05) is 32.0 Å². The van der Waals surface area contributed by atoms with Gasteiger partial charge in [-0.3, -0.25) is 19.3 Å². The number of hydrogen-bond donors (Lipinski definition) is 6. The molecule has 5 rings (SSSR count). The van der Waals surface area contributed by atoms with E-state index in [1.165, 1.54) is 19.0 Å². The van der Waals surface area contributed by atoms with E-state index in [0.717, 1.165) is 11.1 Å². The van der Waals surface area contributed by atoms with Crippen LogP contribution in [0.3, 0.4) is 0 Å². The molecule has 0 radical (unpaired) electrons. The fourth-order valence-corrected chi connectivity index (χ4v) is 7.63. The number of anilines is 1. The number of phenols is 1. The number of primary amides is 1. The van der Waals surface area contributed by atoms with E-state index in [1.54, 1.807) is 31.1 Å². The Bertz CT molecular complexity index is 1780. The van der Waals surface area contributed by atoms with Crippen LogP contribution < -0.4 is 22.1 Å². The third-order valence-corrected chi connectivity index (χ3v) is 9.24. The van der Waals surface area contributed by atoms with E-state index in [4.69, 9.17) is 17.2 Å². The van der Waals surface area contributed by atoms with Crippen LogP contribution in [0.4, 0.5) is 5.69 Å². The zero-order chi connectivity index (χ0) is 32.8. The van der Waals surface area contributed by atoms with E-state index in [9.17, 15) is 35.0 Å². The molecule has 0 saturated heterocycles. The highest BCUT2D eigenvalue weighted by molar-refractivity contribution is 6.25. The Morgan fingerprint density at radius 3 is 2.11 bits per heavy atom. The van der Waals surface area contributed by atoms with Crippen LogP contribution in [0, 0.1) is 30.6 Å². The van der Waals surface area contributed by atoms with Crippen LogP contribution in [0.5, 0.6) is 5.75 Å². The molecule has 44 heavy (non-hydrogen) atoms. The van der Waals surface area contributed by atoms with Crippen LogP contribution >= 0.6 is 0 Å². The molecule has 3 aliphatic rings. The van der Waals surface area contributed by atoms with Crippen LogP contribution in [-0.4, -0.2) is 83.0 Å². The molecule has 12 heteroatoms. The highest BCUT2D eigenvalue weighted by atomic mass is 16.3. The number of aromatic hydroxyl groups is 1. The van der Waals surface area contributed by atoms with Crippen LogP contribution in [0.1, 0.15) is 28.7 Å². The first-order valence-electron chi connectivity index (χ1n) is 13.9. The quantitative estimate of drug-likeness (QED) is 0.274. The Labute approximate surface area is 254 Å². The molecular formula is C32H36N6O6. The monoisotopic (exact) mass is 600 g/mol. The second-order valence-corrected chi connectivity index (χ2v) is 12.7. The number of amides is 1. The summed E-state index contributed by atoms with van der Waals surface area (Å²) in [5.74, 6) is -5.66. The Morgan fingerprint density at radius 1 is 1.02 bits per heavy atom. The summed E-state index contributed by atoms with van der Waals surface area (Å²) >= 11 is 0. The minimum absolute atomic E-state index is 0.0537. The third-order valence-electron chi connectivity index (χ3n) is 9.24. The SMILES string of the molecule is Cc1cc(C)cc(-c2cc(N(C)C)c3c(c2O)C(O)=C2C(=O)[C@]4(C#N)C(O)=C(C(N)=O)C(=O)[C@@H](N(C)C)[C@]4(N)C[C@]2(N)C3)c1. The number of phenolic OH excluding ortho intramolecular Hbond substituents is 1. The van der Waals surface area contributed by atoms with E-state index < -0.39 is 69.1 Å². The molecule has 1 amide bonds. The maximum absolute atomic E-state index is 14.6. The molecule has 230 valence electrons. The molecule has 4 atom stereocenters. The first-order chi connectivity index (χ1) is 20.4. The molecule has 3 aliphatic carbocycles. The molecule has 0 bridgehead atoms. The van der Waals surface area contributed by atoms with Gasteiger partial charge < -0.3 is 37.4 Å². The fraction of sp³-hybridized carbons (Fsp3) is 0.375. The smallest absolute Gasteiger partial charge is 0.255 e. The number of aryl methyl sites for hydroxylation is 2. The van der Waals surface area contributed by atoms with Gasteiger partial charge in [0.05, 0.1) is 34.3 Å². The van der Waals surface area contributed by atoms with Crippen molar-refractivity contribution >= 4 is 28.9 Å². The Kier molecular flexibility index (Phi) is 6.75. The first-order valence-corrected chi connectivity index (χ1v) is 13.9. The van der Waals surface area contributed by atoms with E-state index >= 15 is 0 Å². The zero-order valence-corrected chi connectivity index (χ0v) is 25.4. The summed E-state index contributed by atoms with van der Waals surface area (Å²) in [7, 11) is 6.52. The maximum Gasteiger partial charge on any atom is 0.255 e. The number of aliphatic hydroxyl groups excluding tert-OH is 2. The molecule has 0 spiro atoms. The molecule has 0 heterocycles. The summed E-state index contributed by atoms with van der Waals surface area (Å²) < 4.78 is 0. The number of carbonyl (C=O) groups excluding carboxylic acids is 3. The molecular weight excluding hydrogens is 564 g/mol. The normalized spacial score (nSPS) is 28.0. The molecule has 0 aromatic heterocycles. The van der Waals surface area contributed by atoms with Crippen molar-refractivity contribution in [2.45, 2.75) is 43.8 Å². The predicted molar refractivity (Wildman–Crippen MR) is 163 cm³/mol. The van der Waals surface area contributed by atoms with Gasteiger partial charge in [-0.05, 0) is 58.0 Å². The number of rotatable bonds is 4. The lowest BCUT2D eigenvalue weighted by Crippen LogP contribution is -2.80. The van der Waals surface area contributed by atoms with Gasteiger partial charge in [-0.15, -0.1) is 0 Å². The van der Waals surface area contributed by atoms with Crippen molar-refractivity contribution in [2.24, 2.45) is 22.6 Å². The highest BCUT2D eigenvalue weighted by Crippen LogP contribution is 2.59. The van der Waals surface area contributed by atoms with Crippen molar-refractivity contribution in [1.29, 1.82) is 5.26 Å². The molecule has 0 unspecified atom stereocenters. The standard InChI is InChI=1S/C32H36N6O6/c1-14-7-15(2)9-16(8-14)17-10-19(37(3)4)18-11-30(35)12-32(36)26(38(5)6)25(41)21(29(34)44)27(42)31(32,13-33)28(43)22(30)24(40)20(18)23(17)39/h7-10,26,39-40,42H,11-12,35-36H2,1-6H3,(H2,34,44)/t26-,30-,31+,32-/m1/s1. The van der Waals surface area contributed by atoms with Gasteiger partial charge in [-0.1, -0.05) is 29.3 Å². The van der Waals surface area contributed by atoms with Crippen LogP contribution in [-0.2, 0) is 20.8 Å². The molecule has 12 nitrogen and oxygen atoms in total. The molecule has 1 saturated carbocycles. The number of nitriles is 1. The second kappa shape index (κ2) is 9.65.